The fourth-order valence-electron chi connectivity index (χ4n) is 8.01. The van der Waals surface area contributed by atoms with Gasteiger partial charge in [-0.2, -0.15) is 0 Å². The number of carbonyl (C=O) groups is 3. The van der Waals surface area contributed by atoms with E-state index < -0.39 is 139 Å². The van der Waals surface area contributed by atoms with Crippen molar-refractivity contribution in [3.63, 3.8) is 0 Å². The van der Waals surface area contributed by atoms with Crippen molar-refractivity contribution in [2.24, 2.45) is 0 Å². The number of benzene rings is 7. The van der Waals surface area contributed by atoms with E-state index in [1.54, 1.807) is 0 Å². The van der Waals surface area contributed by atoms with Crippen LogP contribution >= 0.6 is 0 Å². The number of hydrogen-bond acceptors (Lipinski definition) is 10. The van der Waals surface area contributed by atoms with Gasteiger partial charge in [-0.1, -0.05) is 0 Å². The van der Waals surface area contributed by atoms with Crippen molar-refractivity contribution in [1.29, 1.82) is 0 Å². The van der Waals surface area contributed by atoms with Crippen LogP contribution in [-0.4, -0.2) is 58.0 Å². The minimum atomic E-state index is -5.64. The smallest absolute Gasteiger partial charge is 0.339 e. The van der Waals surface area contributed by atoms with Crippen molar-refractivity contribution in [1.82, 2.24) is 29.9 Å². The highest BCUT2D eigenvalue weighted by Gasteiger charge is 2.57. The van der Waals surface area contributed by atoms with Crippen LogP contribution in [0.3, 0.4) is 0 Å². The summed E-state index contributed by atoms with van der Waals surface area (Å²) < 4.78 is 235. The first-order valence-electron chi connectivity index (χ1n) is 19.7. The first kappa shape index (κ1) is 47.4. The number of carboxylic acids is 2. The van der Waals surface area contributed by atoms with E-state index in [0.29, 0.717) is 12.1 Å². The minimum Gasteiger partial charge on any atom is -0.478 e. The number of esters is 1. The van der Waals surface area contributed by atoms with Crippen LogP contribution < -0.4 is 0 Å². The van der Waals surface area contributed by atoms with Crippen LogP contribution in [0.25, 0.3) is 66.2 Å². The molecule has 0 aliphatic heterocycles. The molecule has 0 aliphatic rings. The fraction of sp³-hybridized carbons (Fsp3) is 0.0217. The molecule has 0 saturated heterocycles. The molecule has 0 atom stereocenters. The predicted octanol–water partition coefficient (Wildman–Crippen LogP) is 10.6. The monoisotopic (exact) mass is 1030 g/mol. The van der Waals surface area contributed by atoms with Gasteiger partial charge >= 0.3 is 17.9 Å². The lowest BCUT2D eigenvalue weighted by Gasteiger charge is -2.36. The number of nitrogens with zero attached hydrogens (tertiary/aromatic N) is 6. The molecule has 0 radical (unpaired) electrons. The second kappa shape index (κ2) is 16.4. The van der Waals surface area contributed by atoms with E-state index in [-0.39, 0.29) is 71.8 Å². The summed E-state index contributed by atoms with van der Waals surface area (Å²) in [4.78, 5) is 65.1. The number of aromatic carboxylic acids is 2. The fourth-order valence-corrected chi connectivity index (χ4v) is 8.01. The Morgan fingerprint density at radius 2 is 0.548 bits per heavy atom. The average Bonchev–Trinajstić information content (AvgIpc) is 3.37. The molecule has 0 amide bonds. The predicted molar refractivity (Wildman–Crippen MR) is 216 cm³/mol. The molecule has 2 N–H and O–H groups in total. The number of hydrogen-bond donors (Lipinski definition) is 2. The van der Waals surface area contributed by atoms with Gasteiger partial charge in [0, 0.05) is 0 Å². The van der Waals surface area contributed by atoms with Crippen LogP contribution in [0, 0.1) is 87.3 Å². The Balaban J connectivity index is 1.29. The van der Waals surface area contributed by atoms with E-state index in [4.69, 9.17) is 4.74 Å². The molecule has 73 heavy (non-hydrogen) atoms. The SMILES string of the molecule is O=C(O)c1ccc2nc3c4nc5ccc(C(=O)O)cc5nc4c4nc5cc(C(=O)OC(c6c(F)c(F)c(F)c(F)c6F)(c6c(F)c(F)c(F)c(F)c6F)c6c(F)c(F)c(F)c(F)c6F)ccc5nc4c3nc2c1. The molecule has 0 aliphatic carbocycles. The molecule has 0 bridgehead atoms. The molecule has 366 valence electrons. The van der Waals surface area contributed by atoms with Gasteiger partial charge in [-0.05, 0) is 54.6 Å². The normalized spacial score (nSPS) is 12.0. The van der Waals surface area contributed by atoms with Crippen molar-refractivity contribution in [3.8, 4) is 0 Å². The number of aromatic nitrogens is 6. The Kier molecular flexibility index (Phi) is 10.6. The van der Waals surface area contributed by atoms with Crippen LogP contribution in [-0.2, 0) is 10.3 Å². The quantitative estimate of drug-likeness (QED) is 0.0294. The summed E-state index contributed by atoms with van der Waals surface area (Å²) in [5, 5.41) is 19.3. The zero-order chi connectivity index (χ0) is 52.6. The summed E-state index contributed by atoms with van der Waals surface area (Å²) in [6, 6.07) is 9.00. The lowest BCUT2D eigenvalue weighted by molar-refractivity contribution is 0.00509. The second-order valence-electron chi connectivity index (χ2n) is 15.4. The van der Waals surface area contributed by atoms with Crippen LogP contribution in [0.5, 0.6) is 0 Å². The van der Waals surface area contributed by atoms with Gasteiger partial charge < -0.3 is 14.9 Å². The van der Waals surface area contributed by atoms with E-state index in [2.05, 4.69) is 29.9 Å². The van der Waals surface area contributed by atoms with Gasteiger partial charge in [0.2, 0.25) is 23.1 Å². The summed E-state index contributed by atoms with van der Waals surface area (Å²) in [5.74, 6) is -55.6. The molecule has 0 fully saturated rings. The summed E-state index contributed by atoms with van der Waals surface area (Å²) in [5.41, 5.74) is -19.4. The number of fused-ring (bicyclic) bond motifs is 9. The lowest BCUT2D eigenvalue weighted by atomic mass is 9.77. The van der Waals surface area contributed by atoms with Crippen molar-refractivity contribution < 1.29 is 95.2 Å². The van der Waals surface area contributed by atoms with Crippen molar-refractivity contribution >= 4 is 84.1 Å². The van der Waals surface area contributed by atoms with Gasteiger partial charge in [-0.25, -0.2) is 110 Å². The first-order chi connectivity index (χ1) is 34.5. The van der Waals surface area contributed by atoms with E-state index in [1.807, 2.05) is 0 Å². The summed E-state index contributed by atoms with van der Waals surface area (Å²) >= 11 is 0. The number of rotatable bonds is 7. The Morgan fingerprint density at radius 3 is 0.808 bits per heavy atom. The molecule has 3 heterocycles. The van der Waals surface area contributed by atoms with E-state index in [1.165, 1.54) is 24.3 Å². The molecule has 3 aromatic heterocycles. The zero-order valence-electron chi connectivity index (χ0n) is 34.6. The number of carbonyl (C=O) groups excluding carboxylic acids is 1. The molecule has 10 rings (SSSR count). The standard InChI is InChI=1S/C46H11F15N6O6/c47-22-19(23(48)29(54)34(59)28(22)53)46(20-24(49)30(55)35(60)31(56)25(20)50,21-26(51)32(57)36(61)33(58)27(21)52)73-45(72)12-3-6-15-18(9-12)67-42-39(64-15)40-37(62-13-4-1-10(43(68)69)7-16(13)65-40)38-41(42)66-17-8-11(44(70)71)2-5-14(17)63-38/h1-9H,(H,68,69)(H,70,71). The highest BCUT2D eigenvalue weighted by molar-refractivity contribution is 6.21. The molecule has 7 aromatic carbocycles. The van der Waals surface area contributed by atoms with Gasteiger partial charge in [0.25, 0.3) is 0 Å². The van der Waals surface area contributed by atoms with Gasteiger partial charge in [0.05, 0.1) is 66.5 Å². The number of halogens is 15. The maximum Gasteiger partial charge on any atom is 0.339 e. The molecule has 0 unspecified atom stereocenters. The maximum atomic E-state index is 16.1. The highest BCUT2D eigenvalue weighted by atomic mass is 19.2. The molecular formula is C46H11F15N6O6. The third kappa shape index (κ3) is 6.77. The largest absolute Gasteiger partial charge is 0.478 e. The van der Waals surface area contributed by atoms with Crippen molar-refractivity contribution in [2.45, 2.75) is 5.60 Å². The average molecular weight is 1030 g/mol. The van der Waals surface area contributed by atoms with Crippen LogP contribution in [0.2, 0.25) is 0 Å². The molecule has 27 heteroatoms. The van der Waals surface area contributed by atoms with Crippen LogP contribution in [0.15, 0.2) is 54.6 Å². The molecular weight excluding hydrogens is 1020 g/mol. The minimum absolute atomic E-state index is 0.0345. The van der Waals surface area contributed by atoms with Crippen molar-refractivity contribution in [3.05, 3.63) is 175 Å². The van der Waals surface area contributed by atoms with Gasteiger partial charge in [-0.15, -0.1) is 0 Å². The summed E-state index contributed by atoms with van der Waals surface area (Å²) in [7, 11) is 0. The topological polar surface area (TPSA) is 178 Å². The Labute approximate surface area is 389 Å². The molecule has 0 spiro atoms. The maximum absolute atomic E-state index is 16.1. The Morgan fingerprint density at radius 1 is 0.329 bits per heavy atom. The zero-order valence-corrected chi connectivity index (χ0v) is 34.6. The molecule has 10 aromatic rings. The van der Waals surface area contributed by atoms with Gasteiger partial charge in [0.15, 0.2) is 69.8 Å². The second-order valence-corrected chi connectivity index (χ2v) is 15.4. The lowest BCUT2D eigenvalue weighted by Crippen LogP contribution is -2.43. The first-order valence-corrected chi connectivity index (χ1v) is 19.7. The third-order valence-electron chi connectivity index (χ3n) is 11.3. The summed E-state index contributed by atoms with van der Waals surface area (Å²) in [6.45, 7) is 0. The Bertz CT molecular complexity index is 4010. The van der Waals surface area contributed by atoms with E-state index in [0.717, 1.165) is 18.2 Å². The van der Waals surface area contributed by atoms with Gasteiger partial charge in [0.1, 0.15) is 33.1 Å². The third-order valence-corrected chi connectivity index (χ3v) is 11.3. The highest BCUT2D eigenvalue weighted by Crippen LogP contribution is 2.50. The van der Waals surface area contributed by atoms with E-state index >= 15 is 52.7 Å². The van der Waals surface area contributed by atoms with Gasteiger partial charge in [-0.3, -0.25) is 0 Å². The van der Waals surface area contributed by atoms with Crippen molar-refractivity contribution in [2.75, 3.05) is 0 Å². The van der Waals surface area contributed by atoms with Crippen LogP contribution in [0.1, 0.15) is 47.8 Å². The molecule has 12 nitrogen and oxygen atoms in total. The number of carboxylic acid groups (broad SMARTS) is 2. The summed E-state index contributed by atoms with van der Waals surface area (Å²) in [6.07, 6.45) is 0. The number of ether oxygens (including phenoxy) is 1. The molecule has 0 saturated carbocycles. The van der Waals surface area contributed by atoms with Crippen LogP contribution in [0.4, 0.5) is 65.9 Å². The Hall–Kier alpha value is -9.30. The van der Waals surface area contributed by atoms with E-state index in [9.17, 15) is 37.8 Å².